The third-order valence-electron chi connectivity index (χ3n) is 3.49. The number of anilines is 1. The van der Waals surface area contributed by atoms with Gasteiger partial charge >= 0.3 is 0 Å². The van der Waals surface area contributed by atoms with E-state index in [2.05, 4.69) is 20.3 Å². The highest BCUT2D eigenvalue weighted by Gasteiger charge is 2.47. The number of rotatable bonds is 4. The molecule has 1 fully saturated rings. The van der Waals surface area contributed by atoms with E-state index >= 15 is 0 Å². The maximum absolute atomic E-state index is 10.4. The fraction of sp³-hybridized carbons (Fsp3) is 0.455. The zero-order valence-electron chi connectivity index (χ0n) is 11.1. The Morgan fingerprint density at radius 2 is 2.14 bits per heavy atom. The number of hydrogen-bond acceptors (Lipinski definition) is 9. The van der Waals surface area contributed by atoms with Crippen molar-refractivity contribution in [1.29, 1.82) is 0 Å². The van der Waals surface area contributed by atoms with Gasteiger partial charge in [-0.05, 0) is 0 Å². The van der Waals surface area contributed by atoms with Crippen molar-refractivity contribution < 1.29 is 24.9 Å². The van der Waals surface area contributed by atoms with Crippen LogP contribution in [-0.2, 0) is 9.53 Å². The Kier molecular flexibility index (Phi) is 3.62. The van der Waals surface area contributed by atoms with Crippen molar-refractivity contribution in [2.24, 2.45) is 0 Å². The lowest BCUT2D eigenvalue weighted by molar-refractivity contribution is -0.122. The predicted molar refractivity (Wildman–Crippen MR) is 70.9 cm³/mol. The van der Waals surface area contributed by atoms with Crippen LogP contribution in [0.25, 0.3) is 11.2 Å². The first-order valence-corrected chi connectivity index (χ1v) is 6.37. The van der Waals surface area contributed by atoms with E-state index in [1.165, 1.54) is 17.2 Å². The van der Waals surface area contributed by atoms with Gasteiger partial charge in [0, 0.05) is 0 Å². The van der Waals surface area contributed by atoms with Crippen molar-refractivity contribution in [1.82, 2.24) is 24.8 Å². The second-order valence-electron chi connectivity index (χ2n) is 4.78. The molecule has 3 heterocycles. The van der Waals surface area contributed by atoms with Gasteiger partial charge in [0.15, 0.2) is 23.9 Å². The molecule has 22 heavy (non-hydrogen) atoms. The molecule has 11 nitrogen and oxygen atoms in total. The summed E-state index contributed by atoms with van der Waals surface area (Å²) in [4.78, 5) is 22.2. The molecule has 0 aliphatic carbocycles. The summed E-state index contributed by atoms with van der Waals surface area (Å²) >= 11 is 0. The molecule has 0 spiro atoms. The van der Waals surface area contributed by atoms with Crippen LogP contribution in [0.3, 0.4) is 0 Å². The third-order valence-corrected chi connectivity index (χ3v) is 3.49. The first-order chi connectivity index (χ1) is 10.5. The van der Waals surface area contributed by atoms with Gasteiger partial charge < -0.3 is 31.1 Å². The van der Waals surface area contributed by atoms with Crippen LogP contribution >= 0.6 is 0 Å². The van der Waals surface area contributed by atoms with Crippen LogP contribution in [0.4, 0.5) is 5.82 Å². The smallest absolute Gasteiger partial charge is 0.209 e. The molecule has 0 saturated carbocycles. The number of carbonyl (C=O) groups is 1. The normalized spacial score (nSPS) is 29.6. The molecule has 1 amide bonds. The molecule has 1 saturated heterocycles. The van der Waals surface area contributed by atoms with Gasteiger partial charge in [-0.15, -0.1) is 0 Å². The molecule has 0 aromatic carbocycles. The molecular weight excluding hydrogens is 296 g/mol. The quantitative estimate of drug-likeness (QED) is 0.293. The number of ether oxygens (including phenoxy) is 1. The number of imidazole rings is 1. The molecule has 0 bridgehead atoms. The van der Waals surface area contributed by atoms with Gasteiger partial charge in [0.05, 0.1) is 6.33 Å². The van der Waals surface area contributed by atoms with E-state index in [9.17, 15) is 20.1 Å². The number of hydrogen-bond donors (Lipinski definition) is 5. The summed E-state index contributed by atoms with van der Waals surface area (Å²) < 4.78 is 6.81. The van der Waals surface area contributed by atoms with Crippen LogP contribution in [0, 0.1) is 0 Å². The fourth-order valence-electron chi connectivity index (χ4n) is 2.40. The Balaban J connectivity index is 1.94. The summed E-state index contributed by atoms with van der Waals surface area (Å²) in [6, 6.07) is 0. The van der Waals surface area contributed by atoms with Gasteiger partial charge in [-0.2, -0.15) is 0 Å². The number of fused-ring (bicyclic) bond motifs is 1. The van der Waals surface area contributed by atoms with Gasteiger partial charge in [0.25, 0.3) is 0 Å². The molecule has 11 heteroatoms. The molecule has 2 aromatic rings. The Hall–Kier alpha value is -2.34. The molecular formula is C11H14N6O5. The molecule has 3 rings (SSSR count). The van der Waals surface area contributed by atoms with E-state index < -0.39 is 30.8 Å². The first kappa shape index (κ1) is 14.6. The molecule has 6 N–H and O–H groups in total. The Morgan fingerprint density at radius 1 is 1.36 bits per heavy atom. The van der Waals surface area contributed by atoms with Crippen LogP contribution < -0.4 is 11.1 Å². The molecule has 1 unspecified atom stereocenters. The predicted octanol–water partition coefficient (Wildman–Crippen LogP) is -2.91. The second kappa shape index (κ2) is 5.46. The number of carbonyl (C=O) groups excluding carboxylic acids is 1. The van der Waals surface area contributed by atoms with Gasteiger partial charge in [0.2, 0.25) is 6.41 Å². The Bertz CT molecular complexity index is 693. The lowest BCUT2D eigenvalue weighted by Gasteiger charge is -2.19. The number of nitrogens with two attached hydrogens (primary N) is 1. The lowest BCUT2D eigenvalue weighted by atomic mass is 10.1. The van der Waals surface area contributed by atoms with Gasteiger partial charge in [-0.25, -0.2) is 15.0 Å². The van der Waals surface area contributed by atoms with Crippen molar-refractivity contribution in [3.63, 3.8) is 0 Å². The molecule has 1 aliphatic rings. The number of aliphatic hydroxyl groups is 3. The van der Waals surface area contributed by atoms with Crippen molar-refractivity contribution in [3.8, 4) is 0 Å². The Labute approximate surface area is 123 Å². The van der Waals surface area contributed by atoms with Crippen molar-refractivity contribution in [2.75, 3.05) is 5.73 Å². The number of amides is 1. The minimum atomic E-state index is -1.47. The average Bonchev–Trinajstić information content (AvgIpc) is 3.03. The molecule has 1 aliphatic heterocycles. The number of aliphatic hydroxyl groups excluding tert-OH is 3. The minimum Gasteiger partial charge on any atom is -0.387 e. The molecule has 2 aromatic heterocycles. The van der Waals surface area contributed by atoms with Crippen LogP contribution in [0.15, 0.2) is 12.7 Å². The third kappa shape index (κ3) is 2.16. The average molecular weight is 310 g/mol. The number of aromatic nitrogens is 4. The largest absolute Gasteiger partial charge is 0.387 e. The van der Waals surface area contributed by atoms with Crippen molar-refractivity contribution in [3.05, 3.63) is 12.7 Å². The highest BCUT2D eigenvalue weighted by molar-refractivity contribution is 5.81. The zero-order valence-corrected chi connectivity index (χ0v) is 11.1. The van der Waals surface area contributed by atoms with Gasteiger partial charge in [-0.3, -0.25) is 9.36 Å². The molecule has 0 radical (unpaired) electrons. The topological polar surface area (TPSA) is 169 Å². The highest BCUT2D eigenvalue weighted by Crippen LogP contribution is 2.32. The van der Waals surface area contributed by atoms with Crippen LogP contribution in [0.5, 0.6) is 0 Å². The van der Waals surface area contributed by atoms with Gasteiger partial charge in [-0.1, -0.05) is 0 Å². The zero-order chi connectivity index (χ0) is 15.9. The first-order valence-electron chi connectivity index (χ1n) is 6.37. The SMILES string of the molecule is Nc1ncnc2c1ncn2[C@@H]1O[C@H](C(O)NC=O)[C@@H](O)[C@H]1O. The van der Waals surface area contributed by atoms with E-state index in [0.29, 0.717) is 11.2 Å². The summed E-state index contributed by atoms with van der Waals surface area (Å²) in [5.41, 5.74) is 6.31. The molecule has 5 atom stereocenters. The fourth-order valence-corrected chi connectivity index (χ4v) is 2.40. The second-order valence-corrected chi connectivity index (χ2v) is 4.78. The summed E-state index contributed by atoms with van der Waals surface area (Å²) in [5, 5.41) is 31.8. The van der Waals surface area contributed by atoms with E-state index in [0.717, 1.165) is 0 Å². The summed E-state index contributed by atoms with van der Waals surface area (Å²) in [6.45, 7) is 0. The van der Waals surface area contributed by atoms with Crippen LogP contribution in [-0.4, -0.2) is 65.8 Å². The van der Waals surface area contributed by atoms with Crippen molar-refractivity contribution in [2.45, 2.75) is 30.8 Å². The van der Waals surface area contributed by atoms with E-state index in [1.807, 2.05) is 0 Å². The highest BCUT2D eigenvalue weighted by atomic mass is 16.6. The van der Waals surface area contributed by atoms with E-state index in [-0.39, 0.29) is 12.2 Å². The summed E-state index contributed by atoms with van der Waals surface area (Å²) in [5.74, 6) is 0.163. The summed E-state index contributed by atoms with van der Waals surface area (Å²) in [6.07, 6.45) is -3.68. The van der Waals surface area contributed by atoms with Crippen LogP contribution in [0.2, 0.25) is 0 Å². The number of nitrogen functional groups attached to an aromatic ring is 1. The standard InChI is InChI=1S/C11H14N6O5/c12-8-4-9(14-1-13-8)17(2-15-4)11-6(20)5(19)7(22-11)10(21)16-3-18/h1-3,5-7,10-11,19-21H,(H,16,18)(H2,12,13,14)/t5-,6+,7-,10?,11+/m0/s1. The van der Waals surface area contributed by atoms with Gasteiger partial charge in [0.1, 0.15) is 30.2 Å². The Morgan fingerprint density at radius 3 is 2.86 bits per heavy atom. The van der Waals surface area contributed by atoms with E-state index in [1.54, 1.807) is 0 Å². The maximum atomic E-state index is 10.4. The maximum Gasteiger partial charge on any atom is 0.209 e. The van der Waals surface area contributed by atoms with Crippen LogP contribution in [0.1, 0.15) is 6.23 Å². The summed E-state index contributed by atoms with van der Waals surface area (Å²) in [7, 11) is 0. The molecule has 118 valence electrons. The van der Waals surface area contributed by atoms with Crippen molar-refractivity contribution >= 4 is 23.4 Å². The number of nitrogens with one attached hydrogen (secondary N) is 1. The van der Waals surface area contributed by atoms with E-state index in [4.69, 9.17) is 10.5 Å². The lowest BCUT2D eigenvalue weighted by Crippen LogP contribution is -2.46. The minimum absolute atomic E-state index is 0.163. The number of nitrogens with zero attached hydrogens (tertiary/aromatic N) is 4. The monoisotopic (exact) mass is 310 g/mol.